The number of nitrogens with one attached hydrogen (secondary N) is 1. The van der Waals surface area contributed by atoms with E-state index in [1.54, 1.807) is 13.0 Å². The maximum absolute atomic E-state index is 12.2. The molecule has 0 saturated heterocycles. The number of aromatic nitrogens is 2. The molecule has 0 saturated carbocycles. The zero-order chi connectivity index (χ0) is 19.3. The first-order valence-corrected chi connectivity index (χ1v) is 7.66. The van der Waals surface area contributed by atoms with Crippen molar-refractivity contribution in [2.45, 2.75) is 19.8 Å². The summed E-state index contributed by atoms with van der Waals surface area (Å²) >= 11 is 0. The number of nitro groups is 1. The van der Waals surface area contributed by atoms with Gasteiger partial charge in [0, 0.05) is 30.8 Å². The number of carboxylic acids is 1. The average Bonchev–Trinajstić information content (AvgIpc) is 2.58. The molecule has 0 aliphatic rings. The van der Waals surface area contributed by atoms with Crippen LogP contribution in [0, 0.1) is 17.0 Å². The van der Waals surface area contributed by atoms with Crippen LogP contribution in [-0.2, 0) is 4.79 Å². The number of nitrogens with zero attached hydrogens (tertiary/aromatic N) is 3. The Morgan fingerprint density at radius 2 is 2.04 bits per heavy atom. The molecule has 10 heteroatoms. The third kappa shape index (κ3) is 4.29. The summed E-state index contributed by atoms with van der Waals surface area (Å²) in [5.74, 6) is -1.76. The van der Waals surface area contributed by atoms with Crippen LogP contribution in [0.2, 0.25) is 0 Å². The lowest BCUT2D eigenvalue weighted by atomic mass is 10.2. The molecule has 2 N–H and O–H groups in total. The molecular formula is C16H16N4O6. The van der Waals surface area contributed by atoms with Crippen molar-refractivity contribution in [3.63, 3.8) is 0 Å². The van der Waals surface area contributed by atoms with Crippen LogP contribution in [0.4, 0.5) is 5.69 Å². The highest BCUT2D eigenvalue weighted by atomic mass is 16.6. The number of aliphatic carboxylic acids is 1. The highest BCUT2D eigenvalue weighted by Crippen LogP contribution is 2.22. The lowest BCUT2D eigenvalue weighted by molar-refractivity contribution is -0.384. The van der Waals surface area contributed by atoms with Crippen LogP contribution in [0.3, 0.4) is 0 Å². The van der Waals surface area contributed by atoms with E-state index < -0.39 is 27.9 Å². The molecule has 0 radical (unpaired) electrons. The molecule has 2 rings (SSSR count). The molecule has 0 unspecified atom stereocenters. The number of carboxylic acid groups (broad SMARTS) is 1. The Morgan fingerprint density at radius 3 is 2.69 bits per heavy atom. The predicted molar refractivity (Wildman–Crippen MR) is 90.4 cm³/mol. The Morgan fingerprint density at radius 1 is 1.35 bits per heavy atom. The lowest BCUT2D eigenvalue weighted by Gasteiger charge is -2.11. The van der Waals surface area contributed by atoms with E-state index in [9.17, 15) is 24.5 Å². The molecule has 1 aromatic heterocycles. The molecule has 0 aliphatic carbocycles. The summed E-state index contributed by atoms with van der Waals surface area (Å²) in [6.45, 7) is 1.60. The Bertz CT molecular complexity index is 921. The van der Waals surface area contributed by atoms with E-state index in [0.717, 1.165) is 10.7 Å². The maximum Gasteiger partial charge on any atom is 0.303 e. The van der Waals surface area contributed by atoms with Crippen LogP contribution in [0.5, 0.6) is 0 Å². The van der Waals surface area contributed by atoms with E-state index in [2.05, 4.69) is 10.4 Å². The van der Waals surface area contributed by atoms with Gasteiger partial charge in [-0.2, -0.15) is 5.10 Å². The Balaban J connectivity index is 2.36. The number of carbonyl (C=O) groups is 2. The molecule has 0 aliphatic heterocycles. The van der Waals surface area contributed by atoms with Gasteiger partial charge in [0.2, 0.25) is 5.43 Å². The zero-order valence-corrected chi connectivity index (χ0v) is 13.8. The third-order valence-corrected chi connectivity index (χ3v) is 3.48. The minimum absolute atomic E-state index is 0.0611. The second kappa shape index (κ2) is 8.01. The summed E-state index contributed by atoms with van der Waals surface area (Å²) in [5, 5.41) is 26.2. The minimum atomic E-state index is -0.994. The fourth-order valence-electron chi connectivity index (χ4n) is 2.27. The van der Waals surface area contributed by atoms with Crippen molar-refractivity contribution in [3.8, 4) is 5.69 Å². The van der Waals surface area contributed by atoms with Crippen LogP contribution in [-0.4, -0.2) is 38.2 Å². The zero-order valence-electron chi connectivity index (χ0n) is 13.8. The molecule has 2 aromatic rings. The fraction of sp³-hybridized carbons (Fsp3) is 0.250. The normalized spacial score (nSPS) is 10.3. The number of aryl methyl sites for hydroxylation is 1. The maximum atomic E-state index is 12.2. The smallest absolute Gasteiger partial charge is 0.303 e. The van der Waals surface area contributed by atoms with Crippen LogP contribution in [0.1, 0.15) is 29.0 Å². The second-order valence-electron chi connectivity index (χ2n) is 5.41. The van der Waals surface area contributed by atoms with Crippen molar-refractivity contribution in [3.05, 3.63) is 62.1 Å². The van der Waals surface area contributed by atoms with Crippen LogP contribution < -0.4 is 10.7 Å². The molecule has 0 atom stereocenters. The first-order chi connectivity index (χ1) is 12.3. The van der Waals surface area contributed by atoms with E-state index in [4.69, 9.17) is 5.11 Å². The van der Waals surface area contributed by atoms with Gasteiger partial charge < -0.3 is 10.4 Å². The van der Waals surface area contributed by atoms with Crippen molar-refractivity contribution in [2.75, 3.05) is 6.54 Å². The van der Waals surface area contributed by atoms with Gasteiger partial charge in [0.05, 0.1) is 4.92 Å². The lowest BCUT2D eigenvalue weighted by Crippen LogP contribution is -2.32. The van der Waals surface area contributed by atoms with Crippen molar-refractivity contribution in [1.29, 1.82) is 0 Å². The van der Waals surface area contributed by atoms with Gasteiger partial charge in [-0.05, 0) is 19.4 Å². The fourth-order valence-corrected chi connectivity index (χ4v) is 2.27. The Hall–Kier alpha value is -3.56. The van der Waals surface area contributed by atoms with E-state index in [1.807, 2.05) is 0 Å². The van der Waals surface area contributed by atoms with Gasteiger partial charge in [-0.15, -0.1) is 0 Å². The van der Waals surface area contributed by atoms with Gasteiger partial charge in [0.25, 0.3) is 11.6 Å². The minimum Gasteiger partial charge on any atom is -0.481 e. The summed E-state index contributed by atoms with van der Waals surface area (Å²) in [6.07, 6.45) is 0.0767. The standard InChI is InChI=1S/C16H16N4O6/c1-10-9-13(21)15(16(24)17-8-4-7-14(22)23)18-19(10)11-5-2-3-6-12(11)20(25)26/h2-3,5-6,9H,4,7-8H2,1H3,(H,17,24)(H,22,23). The molecule has 1 heterocycles. The SMILES string of the molecule is Cc1cc(=O)c(C(=O)NCCCC(=O)O)nn1-c1ccccc1[N+](=O)[O-]. The van der Waals surface area contributed by atoms with Gasteiger partial charge in [-0.25, -0.2) is 4.68 Å². The topological polar surface area (TPSA) is 144 Å². The highest BCUT2D eigenvalue weighted by molar-refractivity contribution is 5.92. The molecule has 10 nitrogen and oxygen atoms in total. The Labute approximate surface area is 147 Å². The summed E-state index contributed by atoms with van der Waals surface area (Å²) in [5.41, 5.74) is -0.835. The number of nitro benzene ring substituents is 1. The highest BCUT2D eigenvalue weighted by Gasteiger charge is 2.19. The number of carbonyl (C=O) groups excluding carboxylic acids is 1. The van der Waals surface area contributed by atoms with Gasteiger partial charge in [-0.3, -0.25) is 24.5 Å². The molecular weight excluding hydrogens is 344 g/mol. The molecule has 0 bridgehead atoms. The monoisotopic (exact) mass is 360 g/mol. The first kappa shape index (κ1) is 18.8. The molecule has 0 spiro atoms. The molecule has 26 heavy (non-hydrogen) atoms. The van der Waals surface area contributed by atoms with Crippen molar-refractivity contribution in [1.82, 2.24) is 15.1 Å². The van der Waals surface area contributed by atoms with Crippen LogP contribution >= 0.6 is 0 Å². The van der Waals surface area contributed by atoms with E-state index in [-0.39, 0.29) is 30.8 Å². The second-order valence-corrected chi connectivity index (χ2v) is 5.41. The number of benzene rings is 1. The summed E-state index contributed by atoms with van der Waals surface area (Å²) in [7, 11) is 0. The predicted octanol–water partition coefficient (Wildman–Crippen LogP) is 1.04. The number of amides is 1. The van der Waals surface area contributed by atoms with Crippen molar-refractivity contribution in [2.24, 2.45) is 0 Å². The van der Waals surface area contributed by atoms with Gasteiger partial charge in [0.1, 0.15) is 5.69 Å². The first-order valence-electron chi connectivity index (χ1n) is 7.66. The van der Waals surface area contributed by atoms with Crippen molar-refractivity contribution >= 4 is 17.6 Å². The van der Waals surface area contributed by atoms with Crippen molar-refractivity contribution < 1.29 is 19.6 Å². The van der Waals surface area contributed by atoms with Crippen LogP contribution in [0.15, 0.2) is 35.1 Å². The molecule has 1 amide bonds. The van der Waals surface area contributed by atoms with E-state index in [1.165, 1.54) is 18.2 Å². The number of para-hydroxylation sites is 2. The number of hydrogen-bond donors (Lipinski definition) is 2. The molecule has 0 fully saturated rings. The average molecular weight is 360 g/mol. The van der Waals surface area contributed by atoms with E-state index in [0.29, 0.717) is 5.69 Å². The molecule has 1 aromatic carbocycles. The number of hydrogen-bond acceptors (Lipinski definition) is 6. The summed E-state index contributed by atoms with van der Waals surface area (Å²) < 4.78 is 1.16. The molecule has 136 valence electrons. The summed E-state index contributed by atoms with van der Waals surface area (Å²) in [6, 6.07) is 6.98. The quantitative estimate of drug-likeness (QED) is 0.426. The largest absolute Gasteiger partial charge is 0.481 e. The summed E-state index contributed by atoms with van der Waals surface area (Å²) in [4.78, 5) is 45.3. The van der Waals surface area contributed by atoms with Gasteiger partial charge >= 0.3 is 5.97 Å². The van der Waals surface area contributed by atoms with Gasteiger partial charge in [-0.1, -0.05) is 12.1 Å². The number of rotatable bonds is 7. The van der Waals surface area contributed by atoms with Crippen LogP contribution in [0.25, 0.3) is 5.69 Å². The van der Waals surface area contributed by atoms with Gasteiger partial charge in [0.15, 0.2) is 5.69 Å². The van der Waals surface area contributed by atoms with E-state index >= 15 is 0 Å². The Kier molecular flexibility index (Phi) is 5.78. The third-order valence-electron chi connectivity index (χ3n) is 3.48.